The van der Waals surface area contributed by atoms with Gasteiger partial charge in [0.1, 0.15) is 5.69 Å². The number of hydrogen-bond acceptors (Lipinski definition) is 4. The maximum Gasteiger partial charge on any atom is 0.248 e. The molecule has 1 saturated carbocycles. The van der Waals surface area contributed by atoms with E-state index in [2.05, 4.69) is 10.3 Å². The van der Waals surface area contributed by atoms with Crippen LogP contribution in [0.1, 0.15) is 64.6 Å². The van der Waals surface area contributed by atoms with Gasteiger partial charge in [-0.05, 0) is 37.1 Å². The van der Waals surface area contributed by atoms with E-state index in [-0.39, 0.29) is 0 Å². The standard InChI is InChI=1S/C16H18N4O2/c17-16(22)12-6-8-13(9-7-12)20-15(14(10-21)18-19-20)11-4-2-1-3-5-11/h6-11H,1-5H2,(H2,17,22). The van der Waals surface area contributed by atoms with Gasteiger partial charge in [0.15, 0.2) is 6.29 Å². The van der Waals surface area contributed by atoms with E-state index in [0.29, 0.717) is 17.2 Å². The summed E-state index contributed by atoms with van der Waals surface area (Å²) in [6.45, 7) is 0. The first-order valence-electron chi connectivity index (χ1n) is 7.51. The maximum absolute atomic E-state index is 11.3. The van der Waals surface area contributed by atoms with Crippen molar-refractivity contribution in [1.29, 1.82) is 0 Å². The molecule has 3 rings (SSSR count). The van der Waals surface area contributed by atoms with E-state index in [0.717, 1.165) is 43.4 Å². The Morgan fingerprint density at radius 3 is 2.45 bits per heavy atom. The van der Waals surface area contributed by atoms with Crippen LogP contribution in [0.25, 0.3) is 5.69 Å². The van der Waals surface area contributed by atoms with Crippen molar-refractivity contribution in [3.63, 3.8) is 0 Å². The van der Waals surface area contributed by atoms with E-state index in [1.807, 2.05) is 0 Å². The summed E-state index contributed by atoms with van der Waals surface area (Å²) in [5.41, 5.74) is 7.77. The molecule has 2 aromatic rings. The van der Waals surface area contributed by atoms with Gasteiger partial charge < -0.3 is 5.73 Å². The predicted octanol–water partition coefficient (Wildman–Crippen LogP) is 2.23. The SMILES string of the molecule is NC(=O)c1ccc(-n2nnc(C=O)c2C2CCCCC2)cc1. The second-order valence-corrected chi connectivity index (χ2v) is 5.64. The van der Waals surface area contributed by atoms with Gasteiger partial charge in [0.05, 0.1) is 11.4 Å². The molecule has 1 amide bonds. The number of nitrogens with zero attached hydrogens (tertiary/aromatic N) is 3. The Balaban J connectivity index is 2.01. The fraction of sp³-hybridized carbons (Fsp3) is 0.375. The summed E-state index contributed by atoms with van der Waals surface area (Å²) in [5, 5.41) is 8.12. The minimum Gasteiger partial charge on any atom is -0.366 e. The summed E-state index contributed by atoms with van der Waals surface area (Å²) >= 11 is 0. The van der Waals surface area contributed by atoms with Crippen LogP contribution in [0.5, 0.6) is 0 Å². The fourth-order valence-corrected chi connectivity index (χ4v) is 3.10. The van der Waals surface area contributed by atoms with E-state index in [1.165, 1.54) is 6.42 Å². The average molecular weight is 298 g/mol. The molecule has 1 heterocycles. The van der Waals surface area contributed by atoms with E-state index in [1.54, 1.807) is 28.9 Å². The Labute approximate surface area is 128 Å². The monoisotopic (exact) mass is 298 g/mol. The van der Waals surface area contributed by atoms with E-state index in [9.17, 15) is 9.59 Å². The molecule has 0 aliphatic heterocycles. The third-order valence-corrected chi connectivity index (χ3v) is 4.23. The quantitative estimate of drug-likeness (QED) is 0.876. The van der Waals surface area contributed by atoms with Crippen LogP contribution in [0.3, 0.4) is 0 Å². The molecule has 1 aliphatic rings. The number of primary amides is 1. The zero-order valence-corrected chi connectivity index (χ0v) is 12.2. The number of nitrogens with two attached hydrogens (primary N) is 1. The van der Waals surface area contributed by atoms with Crippen molar-refractivity contribution in [3.05, 3.63) is 41.2 Å². The van der Waals surface area contributed by atoms with Crippen molar-refractivity contribution in [2.75, 3.05) is 0 Å². The first-order chi connectivity index (χ1) is 10.7. The number of carbonyl (C=O) groups excluding carboxylic acids is 2. The maximum atomic E-state index is 11.3. The molecule has 1 aromatic carbocycles. The second kappa shape index (κ2) is 6.09. The van der Waals surface area contributed by atoms with Crippen LogP contribution in [-0.2, 0) is 0 Å². The second-order valence-electron chi connectivity index (χ2n) is 5.64. The largest absolute Gasteiger partial charge is 0.366 e. The first-order valence-corrected chi connectivity index (χ1v) is 7.51. The molecule has 0 radical (unpaired) electrons. The van der Waals surface area contributed by atoms with Crippen LogP contribution >= 0.6 is 0 Å². The normalized spacial score (nSPS) is 15.6. The third-order valence-electron chi connectivity index (χ3n) is 4.23. The van der Waals surface area contributed by atoms with Gasteiger partial charge in [0.25, 0.3) is 0 Å². The number of amides is 1. The summed E-state index contributed by atoms with van der Waals surface area (Å²) < 4.78 is 1.71. The molecule has 0 unspecified atom stereocenters. The van der Waals surface area contributed by atoms with Crippen LogP contribution in [-0.4, -0.2) is 27.2 Å². The molecular formula is C16H18N4O2. The van der Waals surface area contributed by atoms with E-state index < -0.39 is 5.91 Å². The van der Waals surface area contributed by atoms with E-state index in [4.69, 9.17) is 5.73 Å². The summed E-state index contributed by atoms with van der Waals surface area (Å²) in [4.78, 5) is 22.4. The molecule has 1 aliphatic carbocycles. The molecule has 0 atom stereocenters. The molecule has 22 heavy (non-hydrogen) atoms. The Bertz CT molecular complexity index is 685. The van der Waals surface area contributed by atoms with Crippen molar-refractivity contribution >= 4 is 12.2 Å². The molecule has 0 spiro atoms. The highest BCUT2D eigenvalue weighted by molar-refractivity contribution is 5.92. The third kappa shape index (κ3) is 2.64. The molecular weight excluding hydrogens is 280 g/mol. The Morgan fingerprint density at radius 2 is 1.86 bits per heavy atom. The Hall–Kier alpha value is -2.50. The lowest BCUT2D eigenvalue weighted by Crippen LogP contribution is -2.13. The predicted molar refractivity (Wildman–Crippen MR) is 81.1 cm³/mol. The highest BCUT2D eigenvalue weighted by Gasteiger charge is 2.25. The van der Waals surface area contributed by atoms with Gasteiger partial charge in [-0.3, -0.25) is 9.59 Å². The minimum absolute atomic E-state index is 0.305. The lowest BCUT2D eigenvalue weighted by Gasteiger charge is -2.22. The number of rotatable bonds is 4. The van der Waals surface area contributed by atoms with Gasteiger partial charge in [-0.1, -0.05) is 24.5 Å². The van der Waals surface area contributed by atoms with Gasteiger partial charge in [-0.2, -0.15) is 0 Å². The van der Waals surface area contributed by atoms with Crippen molar-refractivity contribution in [2.24, 2.45) is 5.73 Å². The molecule has 1 fully saturated rings. The number of benzene rings is 1. The van der Waals surface area contributed by atoms with E-state index >= 15 is 0 Å². The van der Waals surface area contributed by atoms with Crippen LogP contribution < -0.4 is 5.73 Å². The number of aromatic nitrogens is 3. The van der Waals surface area contributed by atoms with Gasteiger partial charge in [0, 0.05) is 11.5 Å². The smallest absolute Gasteiger partial charge is 0.248 e. The highest BCUT2D eigenvalue weighted by Crippen LogP contribution is 2.34. The highest BCUT2D eigenvalue weighted by atomic mass is 16.1. The Kier molecular flexibility index (Phi) is 4.00. The zero-order valence-electron chi connectivity index (χ0n) is 12.2. The molecule has 0 saturated heterocycles. The summed E-state index contributed by atoms with van der Waals surface area (Å²) in [7, 11) is 0. The lowest BCUT2D eigenvalue weighted by molar-refractivity contribution is 0.1000. The molecule has 114 valence electrons. The van der Waals surface area contributed by atoms with Crippen LogP contribution in [0.4, 0.5) is 0 Å². The van der Waals surface area contributed by atoms with Crippen molar-refractivity contribution in [3.8, 4) is 5.69 Å². The zero-order chi connectivity index (χ0) is 15.5. The summed E-state index contributed by atoms with van der Waals surface area (Å²) in [6.07, 6.45) is 6.43. The first kappa shape index (κ1) is 14.4. The minimum atomic E-state index is -0.466. The molecule has 2 N–H and O–H groups in total. The average Bonchev–Trinajstić information content (AvgIpc) is 2.99. The fourth-order valence-electron chi connectivity index (χ4n) is 3.10. The van der Waals surface area contributed by atoms with Gasteiger partial charge in [-0.15, -0.1) is 5.10 Å². The van der Waals surface area contributed by atoms with Crippen LogP contribution in [0.15, 0.2) is 24.3 Å². The molecule has 6 heteroatoms. The lowest BCUT2D eigenvalue weighted by atomic mass is 9.86. The van der Waals surface area contributed by atoms with Crippen LogP contribution in [0, 0.1) is 0 Å². The van der Waals surface area contributed by atoms with Gasteiger partial charge in [0.2, 0.25) is 5.91 Å². The molecule has 6 nitrogen and oxygen atoms in total. The topological polar surface area (TPSA) is 90.9 Å². The van der Waals surface area contributed by atoms with Crippen LogP contribution in [0.2, 0.25) is 0 Å². The Morgan fingerprint density at radius 1 is 1.18 bits per heavy atom. The molecule has 1 aromatic heterocycles. The van der Waals surface area contributed by atoms with Gasteiger partial charge >= 0.3 is 0 Å². The van der Waals surface area contributed by atoms with Crippen molar-refractivity contribution < 1.29 is 9.59 Å². The summed E-state index contributed by atoms with van der Waals surface area (Å²) in [6, 6.07) is 6.86. The van der Waals surface area contributed by atoms with Crippen molar-refractivity contribution in [1.82, 2.24) is 15.0 Å². The molecule has 0 bridgehead atoms. The number of aldehydes is 1. The van der Waals surface area contributed by atoms with Gasteiger partial charge in [-0.25, -0.2) is 4.68 Å². The van der Waals surface area contributed by atoms with Crippen molar-refractivity contribution in [2.45, 2.75) is 38.0 Å². The number of carbonyl (C=O) groups is 2. The number of hydrogen-bond donors (Lipinski definition) is 1. The summed E-state index contributed by atoms with van der Waals surface area (Å²) in [5.74, 6) is -0.161.